The lowest BCUT2D eigenvalue weighted by molar-refractivity contribution is 0.459. The van der Waals surface area contributed by atoms with Crippen molar-refractivity contribution in [1.82, 2.24) is 14.9 Å². The minimum atomic E-state index is -3.06. The first kappa shape index (κ1) is 13.3. The number of piperidine rings is 1. The van der Waals surface area contributed by atoms with Crippen molar-refractivity contribution in [3.63, 3.8) is 0 Å². The van der Waals surface area contributed by atoms with Crippen LogP contribution in [0, 0.1) is 6.92 Å². The third kappa shape index (κ3) is 3.06. The van der Waals surface area contributed by atoms with Crippen LogP contribution in [-0.2, 0) is 10.0 Å². The van der Waals surface area contributed by atoms with Crippen LogP contribution >= 0.6 is 11.3 Å². The lowest BCUT2D eigenvalue weighted by Crippen LogP contribution is -2.45. The summed E-state index contributed by atoms with van der Waals surface area (Å²) in [6.45, 7) is 3.62. The zero-order chi connectivity index (χ0) is 13.5. The van der Waals surface area contributed by atoms with Crippen LogP contribution in [0.25, 0.3) is 0 Å². The summed E-state index contributed by atoms with van der Waals surface area (Å²) in [5.41, 5.74) is 0. The van der Waals surface area contributed by atoms with Gasteiger partial charge < -0.3 is 4.90 Å². The number of aromatic nitrogens is 2. The van der Waals surface area contributed by atoms with E-state index < -0.39 is 10.0 Å². The van der Waals surface area contributed by atoms with Crippen LogP contribution < -0.4 is 9.62 Å². The number of hydrogen-bond donors (Lipinski definition) is 1. The van der Waals surface area contributed by atoms with Crippen LogP contribution in [0.1, 0.15) is 30.7 Å². The first-order valence-electron chi connectivity index (χ1n) is 6.61. The molecule has 19 heavy (non-hydrogen) atoms. The molecular weight excluding hydrogens is 284 g/mol. The van der Waals surface area contributed by atoms with Gasteiger partial charge in [-0.2, -0.15) is 0 Å². The van der Waals surface area contributed by atoms with Crippen molar-refractivity contribution in [2.24, 2.45) is 0 Å². The molecule has 2 aliphatic rings. The van der Waals surface area contributed by atoms with Gasteiger partial charge in [-0.15, -0.1) is 10.2 Å². The van der Waals surface area contributed by atoms with Crippen LogP contribution in [0.3, 0.4) is 0 Å². The fourth-order valence-corrected chi connectivity index (χ4v) is 4.70. The molecule has 1 saturated heterocycles. The molecule has 1 aromatic heterocycles. The summed E-state index contributed by atoms with van der Waals surface area (Å²) in [7, 11) is -3.06. The first-order chi connectivity index (χ1) is 9.04. The summed E-state index contributed by atoms with van der Waals surface area (Å²) in [6.07, 6.45) is 3.31. The van der Waals surface area contributed by atoms with Gasteiger partial charge in [0.1, 0.15) is 5.01 Å². The van der Waals surface area contributed by atoms with Crippen molar-refractivity contribution in [3.8, 4) is 0 Å². The molecule has 8 heteroatoms. The molecule has 0 atom stereocenters. The molecule has 1 aromatic rings. The Kier molecular flexibility index (Phi) is 3.48. The number of rotatable bonds is 4. The molecule has 1 saturated carbocycles. The van der Waals surface area contributed by atoms with E-state index in [1.165, 1.54) is 0 Å². The highest BCUT2D eigenvalue weighted by Crippen LogP contribution is 2.29. The Morgan fingerprint density at radius 1 is 1.21 bits per heavy atom. The summed E-state index contributed by atoms with van der Waals surface area (Å²) in [6, 6.07) is 0.0795. The smallest absolute Gasteiger partial charge is 0.214 e. The number of sulfonamides is 1. The Morgan fingerprint density at radius 3 is 2.42 bits per heavy atom. The molecule has 1 aliphatic carbocycles. The molecule has 0 bridgehead atoms. The first-order valence-corrected chi connectivity index (χ1v) is 8.97. The lowest BCUT2D eigenvalue weighted by atomic mass is 10.1. The molecule has 2 fully saturated rings. The molecule has 0 spiro atoms. The van der Waals surface area contributed by atoms with Gasteiger partial charge in [0.2, 0.25) is 15.2 Å². The predicted molar refractivity (Wildman–Crippen MR) is 75.0 cm³/mol. The molecular formula is C11H18N4O2S2. The van der Waals surface area contributed by atoms with Crippen LogP contribution in [0.4, 0.5) is 5.13 Å². The molecule has 2 heterocycles. The Balaban J connectivity index is 1.54. The number of nitrogens with one attached hydrogen (secondary N) is 1. The highest BCUT2D eigenvalue weighted by molar-refractivity contribution is 7.90. The van der Waals surface area contributed by atoms with Crippen molar-refractivity contribution < 1.29 is 8.42 Å². The van der Waals surface area contributed by atoms with Crippen molar-refractivity contribution in [3.05, 3.63) is 5.01 Å². The van der Waals surface area contributed by atoms with Gasteiger partial charge in [0.25, 0.3) is 0 Å². The highest BCUT2D eigenvalue weighted by Gasteiger charge is 2.37. The summed E-state index contributed by atoms with van der Waals surface area (Å²) >= 11 is 1.59. The van der Waals surface area contributed by atoms with Crippen molar-refractivity contribution in [2.75, 3.05) is 18.0 Å². The Labute approximate surface area is 117 Å². The highest BCUT2D eigenvalue weighted by atomic mass is 32.2. The maximum atomic E-state index is 11.9. The minimum absolute atomic E-state index is 0.0795. The normalized spacial score (nSPS) is 21.8. The van der Waals surface area contributed by atoms with Crippen molar-refractivity contribution in [2.45, 2.75) is 43.9 Å². The molecule has 0 amide bonds. The zero-order valence-corrected chi connectivity index (χ0v) is 12.5. The SMILES string of the molecule is Cc1nnc(N2CCC(NS(=O)(=O)C3CC3)CC2)s1. The van der Waals surface area contributed by atoms with Crippen LogP contribution in [0.15, 0.2) is 0 Å². The quantitative estimate of drug-likeness (QED) is 0.894. The molecule has 0 aromatic carbocycles. The van der Waals surface area contributed by atoms with E-state index in [-0.39, 0.29) is 11.3 Å². The molecule has 106 valence electrons. The summed E-state index contributed by atoms with van der Waals surface area (Å²) in [5.74, 6) is 0. The van der Waals surface area contributed by atoms with Crippen LogP contribution in [0.2, 0.25) is 0 Å². The maximum absolute atomic E-state index is 11.9. The second-order valence-corrected chi connectivity index (χ2v) is 8.38. The second-order valence-electron chi connectivity index (χ2n) is 5.23. The topological polar surface area (TPSA) is 75.2 Å². The van der Waals surface area contributed by atoms with Gasteiger partial charge in [-0.05, 0) is 32.6 Å². The number of aryl methyl sites for hydroxylation is 1. The Hall–Kier alpha value is -0.730. The Bertz CT molecular complexity index is 545. The molecule has 0 radical (unpaired) electrons. The van der Waals surface area contributed by atoms with Gasteiger partial charge in [0, 0.05) is 19.1 Å². The number of nitrogens with zero attached hydrogens (tertiary/aromatic N) is 3. The summed E-state index contributed by atoms with van der Waals surface area (Å²) in [4.78, 5) is 2.19. The number of anilines is 1. The lowest BCUT2D eigenvalue weighted by Gasteiger charge is -2.31. The van der Waals surface area contributed by atoms with E-state index >= 15 is 0 Å². The minimum Gasteiger partial charge on any atom is -0.347 e. The van der Waals surface area contributed by atoms with E-state index in [1.807, 2.05) is 6.92 Å². The van der Waals surface area contributed by atoms with Gasteiger partial charge in [-0.3, -0.25) is 0 Å². The van der Waals surface area contributed by atoms with E-state index in [0.29, 0.717) is 0 Å². The third-order valence-corrected chi connectivity index (χ3v) is 6.49. The largest absolute Gasteiger partial charge is 0.347 e. The summed E-state index contributed by atoms with van der Waals surface area (Å²) < 4.78 is 26.6. The van der Waals surface area contributed by atoms with E-state index in [1.54, 1.807) is 11.3 Å². The van der Waals surface area contributed by atoms with Crippen molar-refractivity contribution in [1.29, 1.82) is 0 Å². The molecule has 1 N–H and O–H groups in total. The molecule has 6 nitrogen and oxygen atoms in total. The van der Waals surface area contributed by atoms with Gasteiger partial charge in [0.05, 0.1) is 5.25 Å². The van der Waals surface area contributed by atoms with Gasteiger partial charge >= 0.3 is 0 Å². The fraction of sp³-hybridized carbons (Fsp3) is 0.818. The molecule has 1 aliphatic heterocycles. The zero-order valence-electron chi connectivity index (χ0n) is 10.9. The van der Waals surface area contributed by atoms with E-state index in [9.17, 15) is 8.42 Å². The number of hydrogen-bond acceptors (Lipinski definition) is 6. The maximum Gasteiger partial charge on any atom is 0.214 e. The molecule has 0 unspecified atom stereocenters. The molecule has 3 rings (SSSR count). The van der Waals surface area contributed by atoms with Gasteiger partial charge in [0.15, 0.2) is 0 Å². The summed E-state index contributed by atoms with van der Waals surface area (Å²) in [5, 5.41) is 9.93. The monoisotopic (exact) mass is 302 g/mol. The van der Waals surface area contributed by atoms with Crippen molar-refractivity contribution >= 4 is 26.5 Å². The fourth-order valence-electron chi connectivity index (χ4n) is 2.31. The third-order valence-electron chi connectivity index (χ3n) is 3.57. The Morgan fingerprint density at radius 2 is 1.89 bits per heavy atom. The second kappa shape index (κ2) is 4.99. The van der Waals surface area contributed by atoms with E-state index in [4.69, 9.17) is 0 Å². The van der Waals surface area contributed by atoms with Crippen LogP contribution in [-0.4, -0.2) is 43.0 Å². The van der Waals surface area contributed by atoms with Gasteiger partial charge in [-0.25, -0.2) is 13.1 Å². The standard InChI is InChI=1S/C11H18N4O2S2/c1-8-12-13-11(18-8)15-6-4-9(5-7-15)14-19(16,17)10-2-3-10/h9-10,14H,2-7H2,1H3. The van der Waals surface area contributed by atoms with E-state index in [0.717, 1.165) is 48.9 Å². The average molecular weight is 302 g/mol. The van der Waals surface area contributed by atoms with E-state index in [2.05, 4.69) is 19.8 Å². The average Bonchev–Trinajstić information content (AvgIpc) is 3.14. The predicted octanol–water partition coefficient (Wildman–Crippen LogP) is 0.897. The van der Waals surface area contributed by atoms with Gasteiger partial charge in [-0.1, -0.05) is 11.3 Å². The van der Waals surface area contributed by atoms with Crippen LogP contribution in [0.5, 0.6) is 0 Å².